The highest BCUT2D eigenvalue weighted by molar-refractivity contribution is 5.61. The van der Waals surface area contributed by atoms with Crippen molar-refractivity contribution < 1.29 is 10.0 Å². The molecule has 2 aromatic rings. The molecular formula is C14H13N3O3. The number of phenols is 1. The van der Waals surface area contributed by atoms with E-state index in [1.54, 1.807) is 31.2 Å². The van der Waals surface area contributed by atoms with E-state index in [0.717, 1.165) is 5.56 Å². The Labute approximate surface area is 115 Å². The summed E-state index contributed by atoms with van der Waals surface area (Å²) < 4.78 is 0. The van der Waals surface area contributed by atoms with Gasteiger partial charge in [0, 0.05) is 5.56 Å². The Hall–Kier alpha value is -2.76. The minimum atomic E-state index is -0.486. The van der Waals surface area contributed by atoms with Crippen LogP contribution >= 0.6 is 0 Å². The highest BCUT2D eigenvalue weighted by Crippen LogP contribution is 2.34. The lowest BCUT2D eigenvalue weighted by Gasteiger charge is -2.01. The molecule has 2 aromatic carbocycles. The lowest BCUT2D eigenvalue weighted by Crippen LogP contribution is -1.91. The van der Waals surface area contributed by atoms with Crippen molar-refractivity contribution in [2.45, 2.75) is 13.8 Å². The Bertz CT molecular complexity index is 696. The number of benzene rings is 2. The Morgan fingerprint density at radius 3 is 2.50 bits per heavy atom. The van der Waals surface area contributed by atoms with E-state index in [-0.39, 0.29) is 22.8 Å². The van der Waals surface area contributed by atoms with Crippen LogP contribution in [0.25, 0.3) is 0 Å². The summed E-state index contributed by atoms with van der Waals surface area (Å²) in [5, 5.41) is 28.5. The van der Waals surface area contributed by atoms with Crippen LogP contribution < -0.4 is 0 Å². The molecule has 0 heterocycles. The van der Waals surface area contributed by atoms with Crippen molar-refractivity contribution in [2.24, 2.45) is 10.2 Å². The lowest BCUT2D eigenvalue weighted by molar-refractivity contribution is -0.384. The van der Waals surface area contributed by atoms with Crippen molar-refractivity contribution >= 4 is 17.1 Å². The second kappa shape index (κ2) is 5.48. The van der Waals surface area contributed by atoms with Crippen LogP contribution in [0.1, 0.15) is 11.1 Å². The predicted octanol–water partition coefficient (Wildman–Crippen LogP) is 4.33. The van der Waals surface area contributed by atoms with E-state index in [4.69, 9.17) is 0 Å². The molecule has 0 aliphatic heterocycles. The van der Waals surface area contributed by atoms with Gasteiger partial charge in [-0.25, -0.2) is 0 Å². The zero-order chi connectivity index (χ0) is 14.7. The summed E-state index contributed by atoms with van der Waals surface area (Å²) in [7, 11) is 0. The summed E-state index contributed by atoms with van der Waals surface area (Å²) in [6.45, 7) is 3.49. The minimum absolute atomic E-state index is 0.0188. The average molecular weight is 271 g/mol. The van der Waals surface area contributed by atoms with E-state index >= 15 is 0 Å². The highest BCUT2D eigenvalue weighted by atomic mass is 16.6. The summed E-state index contributed by atoms with van der Waals surface area (Å²) in [4.78, 5) is 10.5. The second-order valence-corrected chi connectivity index (χ2v) is 4.39. The van der Waals surface area contributed by atoms with Crippen LogP contribution in [0.2, 0.25) is 0 Å². The van der Waals surface area contributed by atoms with Gasteiger partial charge in [0.25, 0.3) is 5.69 Å². The van der Waals surface area contributed by atoms with Crippen molar-refractivity contribution in [3.05, 3.63) is 57.6 Å². The van der Waals surface area contributed by atoms with Crippen molar-refractivity contribution in [1.29, 1.82) is 0 Å². The topological polar surface area (TPSA) is 88.1 Å². The van der Waals surface area contributed by atoms with Crippen LogP contribution in [-0.4, -0.2) is 10.0 Å². The Morgan fingerprint density at radius 2 is 1.80 bits per heavy atom. The van der Waals surface area contributed by atoms with Crippen molar-refractivity contribution in [3.63, 3.8) is 0 Å². The van der Waals surface area contributed by atoms with Gasteiger partial charge in [-0.15, -0.1) is 10.2 Å². The molecule has 0 amide bonds. The maximum atomic E-state index is 11.0. The molecule has 1 N–H and O–H groups in total. The summed E-state index contributed by atoms with van der Waals surface area (Å²) in [5.41, 5.74) is 1.79. The maximum absolute atomic E-state index is 11.0. The van der Waals surface area contributed by atoms with Crippen molar-refractivity contribution in [1.82, 2.24) is 0 Å². The van der Waals surface area contributed by atoms with Gasteiger partial charge >= 0.3 is 0 Å². The standard InChI is InChI=1S/C14H13N3O3/c1-9-6-7-13(18)12(8-9)16-15-11-5-3-4-10(2)14(11)17(19)20/h3-8,18H,1-2H3. The average Bonchev–Trinajstić information content (AvgIpc) is 2.39. The number of azo groups is 1. The molecule has 0 fully saturated rings. The third kappa shape index (κ3) is 2.80. The zero-order valence-electron chi connectivity index (χ0n) is 11.1. The van der Waals surface area contributed by atoms with E-state index in [9.17, 15) is 15.2 Å². The van der Waals surface area contributed by atoms with Crippen LogP contribution in [0.4, 0.5) is 17.1 Å². The molecule has 0 atom stereocenters. The van der Waals surface area contributed by atoms with Gasteiger partial charge in [-0.05, 0) is 37.6 Å². The quantitative estimate of drug-likeness (QED) is 0.511. The van der Waals surface area contributed by atoms with Crippen LogP contribution in [0.5, 0.6) is 5.75 Å². The Balaban J connectivity index is 2.44. The number of phenolic OH excluding ortho intramolecular Hbond substituents is 1. The van der Waals surface area contributed by atoms with Crippen LogP contribution in [0.3, 0.4) is 0 Å². The van der Waals surface area contributed by atoms with Gasteiger partial charge < -0.3 is 5.11 Å². The predicted molar refractivity (Wildman–Crippen MR) is 74.9 cm³/mol. The zero-order valence-corrected chi connectivity index (χ0v) is 11.1. The number of nitro groups is 1. The molecule has 0 bridgehead atoms. The lowest BCUT2D eigenvalue weighted by atomic mass is 10.2. The number of rotatable bonds is 3. The number of nitro benzene ring substituents is 1. The van der Waals surface area contributed by atoms with Gasteiger partial charge in [0.1, 0.15) is 11.4 Å². The van der Waals surface area contributed by atoms with Gasteiger partial charge in [0.2, 0.25) is 0 Å². The Kier molecular flexibility index (Phi) is 3.74. The van der Waals surface area contributed by atoms with Gasteiger partial charge in [0.15, 0.2) is 5.69 Å². The summed E-state index contributed by atoms with van der Waals surface area (Å²) in [5.74, 6) is -0.0188. The van der Waals surface area contributed by atoms with E-state index in [0.29, 0.717) is 5.56 Å². The molecule has 20 heavy (non-hydrogen) atoms. The Morgan fingerprint density at radius 1 is 1.10 bits per heavy atom. The van der Waals surface area contributed by atoms with Crippen LogP contribution in [0.15, 0.2) is 46.6 Å². The first-order valence-corrected chi connectivity index (χ1v) is 5.94. The summed E-state index contributed by atoms with van der Waals surface area (Å²) in [6.07, 6.45) is 0. The van der Waals surface area contributed by atoms with Gasteiger partial charge in [-0.1, -0.05) is 18.2 Å². The van der Waals surface area contributed by atoms with Gasteiger partial charge in [-0.2, -0.15) is 0 Å². The first kappa shape index (κ1) is 13.7. The molecule has 0 saturated carbocycles. The number of hydrogen-bond acceptors (Lipinski definition) is 5. The van der Waals surface area contributed by atoms with Crippen LogP contribution in [0, 0.1) is 24.0 Å². The number of nitrogens with zero attached hydrogens (tertiary/aromatic N) is 3. The molecule has 0 aliphatic rings. The first-order chi connectivity index (χ1) is 9.49. The highest BCUT2D eigenvalue weighted by Gasteiger charge is 2.16. The maximum Gasteiger partial charge on any atom is 0.299 e. The second-order valence-electron chi connectivity index (χ2n) is 4.39. The minimum Gasteiger partial charge on any atom is -0.506 e. The molecule has 0 saturated heterocycles. The summed E-state index contributed by atoms with van der Waals surface area (Å²) in [6, 6.07) is 9.73. The molecule has 6 heteroatoms. The monoisotopic (exact) mass is 271 g/mol. The fourth-order valence-electron chi connectivity index (χ4n) is 1.78. The normalized spacial score (nSPS) is 10.9. The molecular weight excluding hydrogens is 258 g/mol. The summed E-state index contributed by atoms with van der Waals surface area (Å²) >= 11 is 0. The third-order valence-corrected chi connectivity index (χ3v) is 2.80. The molecule has 0 radical (unpaired) electrons. The van der Waals surface area contributed by atoms with Gasteiger partial charge in [-0.3, -0.25) is 10.1 Å². The molecule has 0 spiro atoms. The molecule has 0 aliphatic carbocycles. The fourth-order valence-corrected chi connectivity index (χ4v) is 1.78. The SMILES string of the molecule is Cc1ccc(O)c(N=Nc2cccc(C)c2[N+](=O)[O-])c1. The smallest absolute Gasteiger partial charge is 0.299 e. The third-order valence-electron chi connectivity index (χ3n) is 2.80. The molecule has 0 aromatic heterocycles. The number of aromatic hydroxyl groups is 1. The number of para-hydroxylation sites is 1. The van der Waals surface area contributed by atoms with E-state index < -0.39 is 4.92 Å². The number of hydrogen-bond donors (Lipinski definition) is 1. The number of aryl methyl sites for hydroxylation is 2. The van der Waals surface area contributed by atoms with E-state index in [1.807, 2.05) is 6.92 Å². The largest absolute Gasteiger partial charge is 0.506 e. The van der Waals surface area contributed by atoms with Crippen molar-refractivity contribution in [2.75, 3.05) is 0 Å². The van der Waals surface area contributed by atoms with E-state index in [2.05, 4.69) is 10.2 Å². The first-order valence-electron chi connectivity index (χ1n) is 5.94. The molecule has 0 unspecified atom stereocenters. The van der Waals surface area contributed by atoms with E-state index in [1.165, 1.54) is 12.1 Å². The van der Waals surface area contributed by atoms with Crippen LogP contribution in [-0.2, 0) is 0 Å². The van der Waals surface area contributed by atoms with Gasteiger partial charge in [0.05, 0.1) is 4.92 Å². The van der Waals surface area contributed by atoms with Crippen molar-refractivity contribution in [3.8, 4) is 5.75 Å². The molecule has 2 rings (SSSR count). The molecule has 102 valence electrons. The fraction of sp³-hybridized carbons (Fsp3) is 0.143. The molecule has 6 nitrogen and oxygen atoms in total.